The molecule has 2 heterocycles. The zero-order chi connectivity index (χ0) is 22.1. The highest BCUT2D eigenvalue weighted by Gasteiger charge is 2.30. The van der Waals surface area contributed by atoms with E-state index in [4.69, 9.17) is 22.1 Å². The number of nitrogens with two attached hydrogens (primary N) is 1. The molecule has 4 rings (SSSR count). The van der Waals surface area contributed by atoms with Gasteiger partial charge in [-0.3, -0.25) is 9.48 Å². The lowest BCUT2D eigenvalue weighted by molar-refractivity contribution is 0.102. The molecular weight excluding hydrogens is 425 g/mol. The number of amides is 3. The number of benzene rings is 2. The maximum Gasteiger partial charge on any atom is 0.315 e. The zero-order valence-corrected chi connectivity index (χ0v) is 17.3. The number of fused-ring (bicyclic) bond motifs is 1. The Morgan fingerprint density at radius 3 is 2.71 bits per heavy atom. The number of urea groups is 1. The van der Waals surface area contributed by atoms with Gasteiger partial charge in [0.1, 0.15) is 17.3 Å². The smallest absolute Gasteiger partial charge is 0.315 e. The molecule has 0 aliphatic carbocycles. The minimum absolute atomic E-state index is 0.115. The first-order chi connectivity index (χ1) is 14.9. The van der Waals surface area contributed by atoms with Gasteiger partial charge in [0.15, 0.2) is 0 Å². The topological polar surface area (TPSA) is 102 Å². The molecule has 10 heteroatoms. The van der Waals surface area contributed by atoms with Crippen molar-refractivity contribution in [3.05, 3.63) is 64.6 Å². The molecular formula is C21H19ClFN5O3. The molecule has 3 aromatic rings. The van der Waals surface area contributed by atoms with Crippen molar-refractivity contribution in [3.8, 4) is 17.0 Å². The largest absolute Gasteiger partial charge is 0.495 e. The Labute approximate surface area is 182 Å². The minimum atomic E-state index is -0.590. The molecule has 0 saturated heterocycles. The molecule has 3 amide bonds. The van der Waals surface area contributed by atoms with E-state index in [1.165, 1.54) is 24.1 Å². The number of ether oxygens (including phenoxy) is 1. The van der Waals surface area contributed by atoms with E-state index in [-0.39, 0.29) is 12.1 Å². The molecule has 0 fully saturated rings. The first kappa shape index (κ1) is 20.7. The summed E-state index contributed by atoms with van der Waals surface area (Å²) in [5.41, 5.74) is 7.41. The van der Waals surface area contributed by atoms with Crippen molar-refractivity contribution in [2.75, 3.05) is 19.0 Å². The second kappa shape index (κ2) is 8.27. The van der Waals surface area contributed by atoms with Gasteiger partial charge in [0, 0.05) is 17.8 Å². The molecule has 31 heavy (non-hydrogen) atoms. The molecule has 160 valence electrons. The highest BCUT2D eigenvalue weighted by atomic mass is 35.5. The molecule has 8 nitrogen and oxygen atoms in total. The summed E-state index contributed by atoms with van der Waals surface area (Å²) in [6, 6.07) is 10.1. The summed E-state index contributed by atoms with van der Waals surface area (Å²) >= 11 is 6.16. The average Bonchev–Trinajstić information content (AvgIpc) is 3.12. The van der Waals surface area contributed by atoms with Crippen LogP contribution in [0.15, 0.2) is 42.5 Å². The number of hydrogen-bond acceptors (Lipinski definition) is 4. The Morgan fingerprint density at radius 1 is 1.23 bits per heavy atom. The van der Waals surface area contributed by atoms with Crippen molar-refractivity contribution >= 4 is 29.2 Å². The van der Waals surface area contributed by atoms with Gasteiger partial charge in [-0.05, 0) is 30.3 Å². The number of nitrogens with zero attached hydrogens (tertiary/aromatic N) is 3. The summed E-state index contributed by atoms with van der Waals surface area (Å²) < 4.78 is 20.6. The van der Waals surface area contributed by atoms with Crippen LogP contribution in [0.4, 0.5) is 14.9 Å². The molecule has 2 aromatic carbocycles. The molecule has 0 spiro atoms. The van der Waals surface area contributed by atoms with Gasteiger partial charge in [-0.25, -0.2) is 9.18 Å². The maximum atomic E-state index is 13.9. The van der Waals surface area contributed by atoms with E-state index >= 15 is 0 Å². The summed E-state index contributed by atoms with van der Waals surface area (Å²) in [5.74, 6) is -0.441. The van der Waals surface area contributed by atoms with Crippen molar-refractivity contribution < 1.29 is 18.7 Å². The van der Waals surface area contributed by atoms with Crippen LogP contribution in [0.5, 0.6) is 5.75 Å². The van der Waals surface area contributed by atoms with Gasteiger partial charge < -0.3 is 20.7 Å². The lowest BCUT2D eigenvalue weighted by Crippen LogP contribution is -2.42. The number of hydrogen-bond donors (Lipinski definition) is 2. The van der Waals surface area contributed by atoms with Crippen LogP contribution in [0.3, 0.4) is 0 Å². The van der Waals surface area contributed by atoms with Crippen LogP contribution < -0.4 is 15.8 Å². The average molecular weight is 444 g/mol. The minimum Gasteiger partial charge on any atom is -0.495 e. The summed E-state index contributed by atoms with van der Waals surface area (Å²) in [7, 11) is 1.49. The van der Waals surface area contributed by atoms with Gasteiger partial charge in [-0.2, -0.15) is 5.10 Å². The number of primary amides is 1. The van der Waals surface area contributed by atoms with Gasteiger partial charge in [-0.1, -0.05) is 23.7 Å². The van der Waals surface area contributed by atoms with E-state index in [2.05, 4.69) is 10.4 Å². The van der Waals surface area contributed by atoms with Crippen LogP contribution in [-0.4, -0.2) is 40.3 Å². The summed E-state index contributed by atoms with van der Waals surface area (Å²) in [6.45, 7) is 0.841. The molecule has 0 radical (unpaired) electrons. The van der Waals surface area contributed by atoms with Crippen molar-refractivity contribution in [1.29, 1.82) is 0 Å². The predicted octanol–water partition coefficient (Wildman–Crippen LogP) is 3.50. The fraction of sp³-hybridized carbons (Fsp3) is 0.190. The van der Waals surface area contributed by atoms with Crippen LogP contribution in [0.2, 0.25) is 5.02 Å². The molecule has 0 atom stereocenters. The van der Waals surface area contributed by atoms with Crippen LogP contribution in [-0.2, 0) is 13.1 Å². The zero-order valence-electron chi connectivity index (χ0n) is 16.6. The van der Waals surface area contributed by atoms with E-state index < -0.39 is 17.8 Å². The predicted molar refractivity (Wildman–Crippen MR) is 114 cm³/mol. The van der Waals surface area contributed by atoms with Crippen molar-refractivity contribution in [2.45, 2.75) is 13.1 Å². The Balaban J connectivity index is 1.77. The summed E-state index contributed by atoms with van der Waals surface area (Å²) in [4.78, 5) is 26.4. The van der Waals surface area contributed by atoms with Crippen LogP contribution in [0, 0.1) is 5.82 Å². The molecule has 1 aliphatic heterocycles. The number of anilines is 1. The second-order valence-electron chi connectivity index (χ2n) is 6.97. The molecule has 1 aromatic heterocycles. The summed E-state index contributed by atoms with van der Waals surface area (Å²) in [6.07, 6.45) is 0. The SMILES string of the molecule is COc1ccc(NC(=O)c2c(-c3cccc(F)c3)nn3c2CN(C(N)=O)CC3)cc1Cl. The number of halogens is 2. The fourth-order valence-electron chi connectivity index (χ4n) is 3.52. The van der Waals surface area contributed by atoms with Gasteiger partial charge in [0.25, 0.3) is 5.91 Å². The highest BCUT2D eigenvalue weighted by Crippen LogP contribution is 2.31. The number of aromatic nitrogens is 2. The number of carbonyl (C=O) groups is 2. The molecule has 0 bridgehead atoms. The maximum absolute atomic E-state index is 13.9. The van der Waals surface area contributed by atoms with E-state index in [9.17, 15) is 14.0 Å². The van der Waals surface area contributed by atoms with Crippen molar-refractivity contribution in [1.82, 2.24) is 14.7 Å². The Morgan fingerprint density at radius 2 is 2.03 bits per heavy atom. The normalized spacial score (nSPS) is 12.9. The number of rotatable bonds is 4. The van der Waals surface area contributed by atoms with Crippen LogP contribution >= 0.6 is 11.6 Å². The first-order valence-corrected chi connectivity index (χ1v) is 9.80. The summed E-state index contributed by atoms with van der Waals surface area (Å²) in [5, 5.41) is 7.66. The standard InChI is InChI=1S/C21H19ClFN5O3/c1-31-17-6-5-14(10-15(17)22)25-20(29)18-16-11-27(21(24)30)7-8-28(16)26-19(18)12-3-2-4-13(23)9-12/h2-6,9-10H,7-8,11H2,1H3,(H2,24,30)(H,25,29). The third-order valence-electron chi connectivity index (χ3n) is 5.03. The Hall–Kier alpha value is -3.59. The van der Waals surface area contributed by atoms with Crippen molar-refractivity contribution in [3.63, 3.8) is 0 Å². The first-order valence-electron chi connectivity index (χ1n) is 9.42. The van der Waals surface area contributed by atoms with E-state index in [0.29, 0.717) is 46.5 Å². The van der Waals surface area contributed by atoms with Gasteiger partial charge >= 0.3 is 6.03 Å². The van der Waals surface area contributed by atoms with E-state index in [0.717, 1.165) is 0 Å². The lowest BCUT2D eigenvalue weighted by Gasteiger charge is -2.26. The van der Waals surface area contributed by atoms with Gasteiger partial charge in [0.2, 0.25) is 0 Å². The molecule has 3 N–H and O–H groups in total. The third-order valence-corrected chi connectivity index (χ3v) is 5.32. The monoisotopic (exact) mass is 443 g/mol. The van der Waals surface area contributed by atoms with Gasteiger partial charge in [0.05, 0.1) is 36.5 Å². The fourth-order valence-corrected chi connectivity index (χ4v) is 3.78. The molecule has 0 unspecified atom stereocenters. The van der Waals surface area contributed by atoms with Crippen LogP contribution in [0.25, 0.3) is 11.3 Å². The van der Waals surface area contributed by atoms with Crippen molar-refractivity contribution in [2.24, 2.45) is 5.73 Å². The highest BCUT2D eigenvalue weighted by molar-refractivity contribution is 6.32. The number of methoxy groups -OCH3 is 1. The molecule has 0 saturated carbocycles. The van der Waals surface area contributed by atoms with E-state index in [1.807, 2.05) is 0 Å². The molecule has 1 aliphatic rings. The second-order valence-corrected chi connectivity index (χ2v) is 7.37. The Bertz CT molecular complexity index is 1180. The Kier molecular flexibility index (Phi) is 5.51. The number of carbonyl (C=O) groups excluding carboxylic acids is 2. The number of nitrogens with one attached hydrogen (secondary N) is 1. The van der Waals surface area contributed by atoms with E-state index in [1.54, 1.807) is 35.0 Å². The third kappa shape index (κ3) is 4.04. The quantitative estimate of drug-likeness (QED) is 0.644. The van der Waals surface area contributed by atoms with Gasteiger partial charge in [-0.15, -0.1) is 0 Å². The van der Waals surface area contributed by atoms with Crippen LogP contribution in [0.1, 0.15) is 16.1 Å². The lowest BCUT2D eigenvalue weighted by atomic mass is 10.0.